The molecular weight excluding hydrogens is 396 g/mol. The maximum absolute atomic E-state index is 12.6. The number of carbonyl (C=O) groups excluding carboxylic acids is 2. The van der Waals surface area contributed by atoms with Crippen molar-refractivity contribution in [3.05, 3.63) is 108 Å². The Labute approximate surface area is 181 Å². The van der Waals surface area contributed by atoms with Gasteiger partial charge in [-0.3, -0.25) is 0 Å². The van der Waals surface area contributed by atoms with Crippen LogP contribution in [-0.2, 0) is 43.6 Å². The van der Waals surface area contributed by atoms with Gasteiger partial charge in [0.25, 0.3) is 0 Å². The van der Waals surface area contributed by atoms with Gasteiger partial charge in [-0.2, -0.15) is 0 Å². The van der Waals surface area contributed by atoms with Crippen LogP contribution in [0.15, 0.2) is 91.0 Å². The minimum absolute atomic E-state index is 0.00332. The molecule has 0 bridgehead atoms. The highest BCUT2D eigenvalue weighted by Crippen LogP contribution is 2.12. The molecule has 0 saturated carbocycles. The van der Waals surface area contributed by atoms with Crippen LogP contribution in [0.5, 0.6) is 0 Å². The Morgan fingerprint density at radius 2 is 1.00 bits per heavy atom. The van der Waals surface area contributed by atoms with Gasteiger partial charge in [0.15, 0.2) is 12.2 Å². The van der Waals surface area contributed by atoms with Gasteiger partial charge >= 0.3 is 11.9 Å². The monoisotopic (exact) mass is 420 g/mol. The molecule has 2 atom stereocenters. The van der Waals surface area contributed by atoms with Gasteiger partial charge in [-0.25, -0.2) is 9.59 Å². The van der Waals surface area contributed by atoms with E-state index in [-0.39, 0.29) is 19.8 Å². The van der Waals surface area contributed by atoms with E-state index in [1.807, 2.05) is 66.7 Å². The van der Waals surface area contributed by atoms with E-state index in [9.17, 15) is 14.7 Å². The van der Waals surface area contributed by atoms with Gasteiger partial charge in [0, 0.05) is 0 Å². The van der Waals surface area contributed by atoms with Gasteiger partial charge in [-0.1, -0.05) is 91.0 Å². The van der Waals surface area contributed by atoms with Crippen molar-refractivity contribution in [3.8, 4) is 0 Å². The Kier molecular flexibility index (Phi) is 8.34. The van der Waals surface area contributed by atoms with Gasteiger partial charge in [-0.05, 0) is 16.7 Å². The van der Waals surface area contributed by atoms with E-state index < -0.39 is 24.1 Å². The number of rotatable bonds is 10. The minimum atomic E-state index is -1.82. The third kappa shape index (κ3) is 7.06. The third-order valence-electron chi connectivity index (χ3n) is 4.48. The van der Waals surface area contributed by atoms with Crippen LogP contribution in [0.3, 0.4) is 0 Å². The van der Waals surface area contributed by atoms with Crippen LogP contribution >= 0.6 is 0 Å². The molecule has 0 spiro atoms. The second kappa shape index (κ2) is 11.6. The summed E-state index contributed by atoms with van der Waals surface area (Å²) in [5, 5.41) is 10.5. The normalized spacial score (nSPS) is 12.5. The van der Waals surface area contributed by atoms with E-state index in [4.69, 9.17) is 14.2 Å². The number of benzene rings is 3. The topological polar surface area (TPSA) is 82.1 Å². The number of aliphatic hydroxyl groups is 1. The Morgan fingerprint density at radius 1 is 0.613 bits per heavy atom. The van der Waals surface area contributed by atoms with Gasteiger partial charge < -0.3 is 19.3 Å². The highest BCUT2D eigenvalue weighted by Gasteiger charge is 2.36. The van der Waals surface area contributed by atoms with Crippen LogP contribution in [0.4, 0.5) is 0 Å². The van der Waals surface area contributed by atoms with Crippen molar-refractivity contribution >= 4 is 11.9 Å². The molecule has 6 nitrogen and oxygen atoms in total. The molecule has 0 radical (unpaired) electrons. The molecule has 6 heteroatoms. The molecule has 0 aliphatic rings. The predicted octanol–water partition coefficient (Wildman–Crippen LogP) is 3.42. The number of hydrogen-bond donors (Lipinski definition) is 1. The Balaban J connectivity index is 1.64. The average molecular weight is 420 g/mol. The summed E-state index contributed by atoms with van der Waals surface area (Å²) < 4.78 is 16.0. The van der Waals surface area contributed by atoms with E-state index in [0.717, 1.165) is 16.7 Å². The van der Waals surface area contributed by atoms with Crippen molar-refractivity contribution in [2.45, 2.75) is 32.0 Å². The summed E-state index contributed by atoms with van der Waals surface area (Å²) >= 11 is 0. The zero-order valence-electron chi connectivity index (χ0n) is 16.9. The molecule has 0 aliphatic heterocycles. The largest absolute Gasteiger partial charge is 0.459 e. The van der Waals surface area contributed by atoms with Gasteiger partial charge in [0.05, 0.1) is 6.61 Å². The second-order valence-electron chi connectivity index (χ2n) is 6.85. The molecule has 31 heavy (non-hydrogen) atoms. The molecule has 0 amide bonds. The smallest absolute Gasteiger partial charge is 0.338 e. The quantitative estimate of drug-likeness (QED) is 0.506. The molecule has 0 saturated heterocycles. The number of hydrogen-bond acceptors (Lipinski definition) is 6. The molecule has 3 aromatic carbocycles. The molecule has 0 heterocycles. The van der Waals surface area contributed by atoms with E-state index in [1.54, 1.807) is 24.3 Å². The molecule has 160 valence electrons. The van der Waals surface area contributed by atoms with Crippen molar-refractivity contribution in [1.29, 1.82) is 0 Å². The van der Waals surface area contributed by atoms with Crippen molar-refractivity contribution in [1.82, 2.24) is 0 Å². The first-order valence-corrected chi connectivity index (χ1v) is 9.88. The fraction of sp³-hybridized carbons (Fsp3) is 0.200. The summed E-state index contributed by atoms with van der Waals surface area (Å²) in [6, 6.07) is 27.3. The molecule has 0 unspecified atom stereocenters. The predicted molar refractivity (Wildman–Crippen MR) is 114 cm³/mol. The lowest BCUT2D eigenvalue weighted by atomic mass is 10.2. The fourth-order valence-corrected chi connectivity index (χ4v) is 2.80. The lowest BCUT2D eigenvalue weighted by Gasteiger charge is -2.21. The highest BCUT2D eigenvalue weighted by molar-refractivity contribution is 5.85. The number of carbonyl (C=O) groups is 2. The van der Waals surface area contributed by atoms with Gasteiger partial charge in [0.1, 0.15) is 13.2 Å². The van der Waals surface area contributed by atoms with Crippen molar-refractivity contribution in [2.75, 3.05) is 0 Å². The summed E-state index contributed by atoms with van der Waals surface area (Å²) in [4.78, 5) is 25.0. The third-order valence-corrected chi connectivity index (χ3v) is 4.48. The first-order valence-electron chi connectivity index (χ1n) is 9.88. The van der Waals surface area contributed by atoms with Crippen molar-refractivity contribution in [3.63, 3.8) is 0 Å². The van der Waals surface area contributed by atoms with Crippen LogP contribution in [0, 0.1) is 0 Å². The number of esters is 2. The number of ether oxygens (including phenoxy) is 3. The lowest BCUT2D eigenvalue weighted by Crippen LogP contribution is -2.43. The zero-order valence-corrected chi connectivity index (χ0v) is 16.9. The van der Waals surface area contributed by atoms with Crippen LogP contribution < -0.4 is 0 Å². The van der Waals surface area contributed by atoms with Crippen LogP contribution in [0.1, 0.15) is 16.7 Å². The highest BCUT2D eigenvalue weighted by atomic mass is 16.6. The molecule has 1 N–H and O–H groups in total. The molecule has 0 aliphatic carbocycles. The SMILES string of the molecule is O=C(OCc1ccccc1)[C@@H](OCc1ccccc1)[C@@H](O)C(=O)OCc1ccccc1. The Hall–Kier alpha value is -3.48. The Morgan fingerprint density at radius 3 is 1.45 bits per heavy atom. The van der Waals surface area contributed by atoms with Crippen molar-refractivity contribution in [2.24, 2.45) is 0 Å². The maximum Gasteiger partial charge on any atom is 0.338 e. The first kappa shape index (κ1) is 22.2. The van der Waals surface area contributed by atoms with Crippen LogP contribution in [-0.4, -0.2) is 29.3 Å². The standard InChI is InChI=1S/C25H24O6/c26-22(24(27)30-17-20-12-6-2-7-13-20)23(29-16-19-10-4-1-5-11-19)25(28)31-18-21-14-8-3-9-15-21/h1-15,22-23,26H,16-18H2/t22-,23+/m1/s1. The lowest BCUT2D eigenvalue weighted by molar-refractivity contribution is -0.180. The van der Waals surface area contributed by atoms with Crippen molar-refractivity contribution < 1.29 is 28.9 Å². The maximum atomic E-state index is 12.6. The fourth-order valence-electron chi connectivity index (χ4n) is 2.80. The zero-order chi connectivity index (χ0) is 21.9. The van der Waals surface area contributed by atoms with E-state index in [2.05, 4.69) is 0 Å². The van der Waals surface area contributed by atoms with Crippen LogP contribution in [0.2, 0.25) is 0 Å². The minimum Gasteiger partial charge on any atom is -0.459 e. The van der Waals surface area contributed by atoms with E-state index in [1.165, 1.54) is 0 Å². The number of aliphatic hydroxyl groups excluding tert-OH is 1. The molecule has 3 aromatic rings. The summed E-state index contributed by atoms with van der Waals surface area (Å²) in [7, 11) is 0. The summed E-state index contributed by atoms with van der Waals surface area (Å²) in [5.41, 5.74) is 2.32. The summed E-state index contributed by atoms with van der Waals surface area (Å²) in [6.07, 6.45) is -3.34. The van der Waals surface area contributed by atoms with E-state index >= 15 is 0 Å². The van der Waals surface area contributed by atoms with Gasteiger partial charge in [-0.15, -0.1) is 0 Å². The summed E-state index contributed by atoms with van der Waals surface area (Å²) in [6.45, 7) is -0.00712. The first-order chi connectivity index (χ1) is 15.1. The molecular formula is C25H24O6. The van der Waals surface area contributed by atoms with E-state index in [0.29, 0.717) is 0 Å². The van der Waals surface area contributed by atoms with Crippen LogP contribution in [0.25, 0.3) is 0 Å². The average Bonchev–Trinajstić information content (AvgIpc) is 2.83. The van der Waals surface area contributed by atoms with Gasteiger partial charge in [0.2, 0.25) is 0 Å². The molecule has 0 aromatic heterocycles. The second-order valence-corrected chi connectivity index (χ2v) is 6.85. The summed E-state index contributed by atoms with van der Waals surface area (Å²) in [5.74, 6) is -1.80. The molecule has 3 rings (SSSR count). The molecule has 0 fully saturated rings. The Bertz CT molecular complexity index is 944.